The Bertz CT molecular complexity index is 424. The molecular formula is C9H5Br2NO2. The van der Waals surface area contributed by atoms with Crippen LogP contribution in [-0.4, -0.2) is 13.1 Å². The molecule has 0 N–H and O–H groups in total. The zero-order valence-electron chi connectivity index (χ0n) is 7.17. The van der Waals surface area contributed by atoms with Gasteiger partial charge in [-0.2, -0.15) is 5.26 Å². The second kappa shape index (κ2) is 4.58. The van der Waals surface area contributed by atoms with Crippen molar-refractivity contribution in [2.45, 2.75) is 0 Å². The van der Waals surface area contributed by atoms with Crippen molar-refractivity contribution in [3.63, 3.8) is 0 Å². The number of carbonyl (C=O) groups is 1. The minimum absolute atomic E-state index is 0.346. The zero-order valence-corrected chi connectivity index (χ0v) is 10.3. The van der Waals surface area contributed by atoms with Gasteiger partial charge in [-0.25, -0.2) is 4.79 Å². The fourth-order valence-corrected chi connectivity index (χ4v) is 1.68. The van der Waals surface area contributed by atoms with Crippen LogP contribution in [0.3, 0.4) is 0 Å². The van der Waals surface area contributed by atoms with E-state index >= 15 is 0 Å². The molecule has 0 fully saturated rings. The Kier molecular flexibility index (Phi) is 3.67. The number of carbonyl (C=O) groups excluding carboxylic acids is 1. The van der Waals surface area contributed by atoms with Crippen LogP contribution in [-0.2, 0) is 4.74 Å². The monoisotopic (exact) mass is 317 g/mol. The van der Waals surface area contributed by atoms with E-state index in [0.717, 1.165) is 0 Å². The minimum atomic E-state index is -0.463. The van der Waals surface area contributed by atoms with Crippen LogP contribution < -0.4 is 0 Å². The summed E-state index contributed by atoms with van der Waals surface area (Å²) in [7, 11) is 1.30. The number of nitriles is 1. The van der Waals surface area contributed by atoms with Crippen LogP contribution in [0.5, 0.6) is 0 Å². The summed E-state index contributed by atoms with van der Waals surface area (Å²) < 4.78 is 5.83. The first-order chi connectivity index (χ1) is 6.60. The summed E-state index contributed by atoms with van der Waals surface area (Å²) in [6, 6.07) is 5.04. The summed E-state index contributed by atoms with van der Waals surface area (Å²) in [5.74, 6) is -0.463. The molecule has 5 heteroatoms. The molecule has 0 aliphatic carbocycles. The molecule has 0 amide bonds. The quantitative estimate of drug-likeness (QED) is 0.748. The third-order valence-electron chi connectivity index (χ3n) is 1.57. The van der Waals surface area contributed by atoms with Crippen molar-refractivity contribution in [3.05, 3.63) is 32.2 Å². The zero-order chi connectivity index (χ0) is 10.7. The fourth-order valence-electron chi connectivity index (χ4n) is 0.906. The van der Waals surface area contributed by atoms with Gasteiger partial charge in [0.25, 0.3) is 0 Å². The largest absolute Gasteiger partial charge is 0.465 e. The molecular weight excluding hydrogens is 314 g/mol. The summed E-state index contributed by atoms with van der Waals surface area (Å²) in [4.78, 5) is 11.2. The Labute approximate surface area is 97.9 Å². The van der Waals surface area contributed by atoms with Crippen LogP contribution >= 0.6 is 31.9 Å². The fraction of sp³-hybridized carbons (Fsp3) is 0.111. The molecule has 0 aromatic heterocycles. The Morgan fingerprint density at radius 3 is 2.64 bits per heavy atom. The van der Waals surface area contributed by atoms with E-state index in [1.165, 1.54) is 13.2 Å². The van der Waals surface area contributed by atoms with Gasteiger partial charge in [-0.05, 0) is 44.0 Å². The number of hydrogen-bond donors (Lipinski definition) is 0. The number of halogens is 2. The van der Waals surface area contributed by atoms with Gasteiger partial charge >= 0.3 is 5.97 Å². The number of benzene rings is 1. The highest BCUT2D eigenvalue weighted by atomic mass is 79.9. The highest BCUT2D eigenvalue weighted by molar-refractivity contribution is 9.13. The lowest BCUT2D eigenvalue weighted by Gasteiger charge is -2.03. The Morgan fingerprint density at radius 2 is 2.14 bits per heavy atom. The van der Waals surface area contributed by atoms with Crippen molar-refractivity contribution in [2.24, 2.45) is 0 Å². The van der Waals surface area contributed by atoms with E-state index in [2.05, 4.69) is 36.6 Å². The predicted octanol–water partition coefficient (Wildman–Crippen LogP) is 2.87. The first-order valence-electron chi connectivity index (χ1n) is 3.57. The van der Waals surface area contributed by atoms with Crippen molar-refractivity contribution in [1.29, 1.82) is 5.26 Å². The minimum Gasteiger partial charge on any atom is -0.465 e. The molecule has 0 aliphatic heterocycles. The standard InChI is InChI=1S/C9H5Br2NO2/c1-14-9(13)5-2-6(4-12)8(11)7(10)3-5/h2-3H,1H3. The van der Waals surface area contributed by atoms with Crippen LogP contribution in [0.15, 0.2) is 21.1 Å². The molecule has 0 atom stereocenters. The SMILES string of the molecule is COC(=O)c1cc(Br)c(Br)c(C#N)c1. The number of methoxy groups -OCH3 is 1. The number of nitrogens with zero attached hydrogens (tertiary/aromatic N) is 1. The number of ether oxygens (including phenoxy) is 1. The van der Waals surface area contributed by atoms with Crippen LogP contribution in [0.1, 0.15) is 15.9 Å². The summed E-state index contributed by atoms with van der Waals surface area (Å²) in [6.07, 6.45) is 0. The maximum absolute atomic E-state index is 11.2. The molecule has 1 aromatic carbocycles. The predicted molar refractivity (Wildman–Crippen MR) is 57.9 cm³/mol. The maximum atomic E-state index is 11.2. The van der Waals surface area contributed by atoms with Crippen LogP contribution in [0.2, 0.25) is 0 Å². The van der Waals surface area contributed by atoms with Gasteiger partial charge in [-0.3, -0.25) is 0 Å². The van der Waals surface area contributed by atoms with Crippen molar-refractivity contribution in [1.82, 2.24) is 0 Å². The lowest BCUT2D eigenvalue weighted by Crippen LogP contribution is -2.01. The molecule has 1 aromatic rings. The van der Waals surface area contributed by atoms with Gasteiger partial charge in [0, 0.05) is 8.95 Å². The third kappa shape index (κ3) is 2.14. The lowest BCUT2D eigenvalue weighted by atomic mass is 10.1. The van der Waals surface area contributed by atoms with E-state index in [-0.39, 0.29) is 0 Å². The van der Waals surface area contributed by atoms with Gasteiger partial charge in [0.1, 0.15) is 6.07 Å². The van der Waals surface area contributed by atoms with Gasteiger partial charge in [0.2, 0.25) is 0 Å². The van der Waals surface area contributed by atoms with E-state index in [9.17, 15) is 4.79 Å². The number of hydrogen-bond acceptors (Lipinski definition) is 3. The second-order valence-electron chi connectivity index (χ2n) is 2.42. The second-order valence-corrected chi connectivity index (χ2v) is 4.07. The lowest BCUT2D eigenvalue weighted by molar-refractivity contribution is 0.0600. The summed E-state index contributed by atoms with van der Waals surface area (Å²) in [6.45, 7) is 0. The summed E-state index contributed by atoms with van der Waals surface area (Å²) >= 11 is 6.45. The number of esters is 1. The molecule has 0 bridgehead atoms. The third-order valence-corrected chi connectivity index (χ3v) is 3.58. The molecule has 3 nitrogen and oxygen atoms in total. The molecule has 0 saturated heterocycles. The molecule has 0 heterocycles. The van der Waals surface area contributed by atoms with Gasteiger partial charge in [0.05, 0.1) is 18.2 Å². The molecule has 14 heavy (non-hydrogen) atoms. The normalized spacial score (nSPS) is 9.29. The topological polar surface area (TPSA) is 50.1 Å². The number of rotatable bonds is 1. The molecule has 0 spiro atoms. The molecule has 0 unspecified atom stereocenters. The Hall–Kier alpha value is -0.860. The molecule has 72 valence electrons. The van der Waals surface area contributed by atoms with Crippen LogP contribution in [0.25, 0.3) is 0 Å². The van der Waals surface area contributed by atoms with Gasteiger partial charge < -0.3 is 4.74 Å². The van der Waals surface area contributed by atoms with Crippen molar-refractivity contribution >= 4 is 37.8 Å². The van der Waals surface area contributed by atoms with Gasteiger partial charge in [-0.1, -0.05) is 0 Å². The average molecular weight is 319 g/mol. The highest BCUT2D eigenvalue weighted by Gasteiger charge is 2.11. The van der Waals surface area contributed by atoms with E-state index in [1.54, 1.807) is 6.07 Å². The van der Waals surface area contributed by atoms with E-state index in [0.29, 0.717) is 20.1 Å². The van der Waals surface area contributed by atoms with E-state index in [1.807, 2.05) is 6.07 Å². The molecule has 0 saturated carbocycles. The summed E-state index contributed by atoms with van der Waals surface area (Å²) in [5.41, 5.74) is 0.735. The van der Waals surface area contributed by atoms with Crippen LogP contribution in [0.4, 0.5) is 0 Å². The Balaban J connectivity index is 3.32. The smallest absolute Gasteiger partial charge is 0.337 e. The van der Waals surface area contributed by atoms with Crippen molar-refractivity contribution in [2.75, 3.05) is 7.11 Å². The first-order valence-corrected chi connectivity index (χ1v) is 5.16. The molecule has 1 rings (SSSR count). The van der Waals surface area contributed by atoms with Gasteiger partial charge in [0.15, 0.2) is 0 Å². The van der Waals surface area contributed by atoms with E-state index < -0.39 is 5.97 Å². The van der Waals surface area contributed by atoms with Gasteiger partial charge in [-0.15, -0.1) is 0 Å². The Morgan fingerprint density at radius 1 is 1.50 bits per heavy atom. The average Bonchev–Trinajstić information content (AvgIpc) is 2.20. The maximum Gasteiger partial charge on any atom is 0.337 e. The van der Waals surface area contributed by atoms with Crippen molar-refractivity contribution < 1.29 is 9.53 Å². The molecule has 0 radical (unpaired) electrons. The van der Waals surface area contributed by atoms with E-state index in [4.69, 9.17) is 5.26 Å². The van der Waals surface area contributed by atoms with Crippen molar-refractivity contribution in [3.8, 4) is 6.07 Å². The first kappa shape index (κ1) is 11.2. The van der Waals surface area contributed by atoms with Crippen LogP contribution in [0, 0.1) is 11.3 Å². The summed E-state index contributed by atoms with van der Waals surface area (Å²) in [5, 5.41) is 8.77. The highest BCUT2D eigenvalue weighted by Crippen LogP contribution is 2.28. The molecule has 0 aliphatic rings.